The maximum atomic E-state index is 2.43. The van der Waals surface area contributed by atoms with E-state index in [9.17, 15) is 0 Å². The SMILES string of the molecule is C[Si](C)=[Ru]=[Si](C)C. The summed E-state index contributed by atoms with van der Waals surface area (Å²) in [6.07, 6.45) is 0. The van der Waals surface area contributed by atoms with Crippen LogP contribution in [-0.2, 0) is 14.7 Å². The Morgan fingerprint density at radius 2 is 1.14 bits per heavy atom. The van der Waals surface area contributed by atoms with E-state index in [0.717, 1.165) is 14.7 Å². The van der Waals surface area contributed by atoms with E-state index in [1.54, 1.807) is 0 Å². The zero-order valence-electron chi connectivity index (χ0n) is 5.35. The van der Waals surface area contributed by atoms with Crippen LogP contribution in [0.15, 0.2) is 0 Å². The molecule has 0 aromatic carbocycles. The molecule has 44 valence electrons. The van der Waals surface area contributed by atoms with E-state index in [1.807, 2.05) is 0 Å². The Labute approximate surface area is 54.2 Å². The molecule has 0 nitrogen and oxygen atoms in total. The van der Waals surface area contributed by atoms with Crippen LogP contribution in [0.3, 0.4) is 0 Å². The van der Waals surface area contributed by atoms with Crippen LogP contribution >= 0.6 is 0 Å². The summed E-state index contributed by atoms with van der Waals surface area (Å²) in [5.41, 5.74) is 0. The molecule has 0 amide bonds. The van der Waals surface area contributed by atoms with Crippen molar-refractivity contribution in [3.8, 4) is 0 Å². The first-order valence-corrected chi connectivity index (χ1v) is 12.3. The van der Waals surface area contributed by atoms with E-state index in [1.165, 1.54) is 0 Å². The zero-order valence-corrected chi connectivity index (χ0v) is 9.09. The summed E-state index contributed by atoms with van der Waals surface area (Å²) in [5.74, 6) is 0. The first-order chi connectivity index (χ1) is 3.13. The van der Waals surface area contributed by atoms with Crippen molar-refractivity contribution >= 4 is 13.1 Å². The van der Waals surface area contributed by atoms with Gasteiger partial charge >= 0.3 is 54.0 Å². The third-order valence-electron chi connectivity index (χ3n) is 0.354. The quantitative estimate of drug-likeness (QED) is 0.540. The van der Waals surface area contributed by atoms with Crippen molar-refractivity contribution in [1.82, 2.24) is 0 Å². The molecule has 0 saturated heterocycles. The molecule has 0 aromatic rings. The Balaban J connectivity index is 4.13. The van der Waals surface area contributed by atoms with E-state index in [-0.39, 0.29) is 13.1 Å². The predicted octanol–water partition coefficient (Wildman–Crippen LogP) is 1.57. The van der Waals surface area contributed by atoms with Gasteiger partial charge in [0, 0.05) is 0 Å². The van der Waals surface area contributed by atoms with E-state index < -0.39 is 0 Å². The van der Waals surface area contributed by atoms with Crippen LogP contribution in [0.2, 0.25) is 26.2 Å². The molecule has 0 aliphatic rings. The Kier molecular flexibility index (Phi) is 4.59. The van der Waals surface area contributed by atoms with Gasteiger partial charge in [0.25, 0.3) is 0 Å². The van der Waals surface area contributed by atoms with Crippen molar-refractivity contribution in [2.24, 2.45) is 0 Å². The van der Waals surface area contributed by atoms with Gasteiger partial charge in [0.2, 0.25) is 0 Å². The van der Waals surface area contributed by atoms with Gasteiger partial charge in [0.05, 0.1) is 0 Å². The summed E-state index contributed by atoms with van der Waals surface area (Å²) in [6.45, 7) is 10.1. The normalized spacial score (nSPS) is 8.57. The average Bonchev–Trinajstić information content (AvgIpc) is 1.27. The molecule has 0 radical (unpaired) electrons. The Morgan fingerprint density at radius 1 is 0.857 bits per heavy atom. The van der Waals surface area contributed by atoms with Gasteiger partial charge in [-0.15, -0.1) is 0 Å². The van der Waals surface area contributed by atoms with E-state index >= 15 is 0 Å². The van der Waals surface area contributed by atoms with Crippen LogP contribution in [-0.4, -0.2) is 13.1 Å². The molecule has 0 N–H and O–H groups in total. The van der Waals surface area contributed by atoms with Crippen LogP contribution in [0.25, 0.3) is 0 Å². The third kappa shape index (κ3) is 7.06. The second-order valence-corrected chi connectivity index (χ2v) is 20.3. The summed E-state index contributed by atoms with van der Waals surface area (Å²) in [5, 5.41) is 0. The topological polar surface area (TPSA) is 0 Å². The van der Waals surface area contributed by atoms with Crippen molar-refractivity contribution in [3.05, 3.63) is 0 Å². The molecule has 0 aliphatic carbocycles. The molecule has 0 aromatic heterocycles. The zero-order chi connectivity index (χ0) is 5.86. The van der Waals surface area contributed by atoms with Gasteiger partial charge in [-0.05, 0) is 0 Å². The van der Waals surface area contributed by atoms with E-state index in [4.69, 9.17) is 0 Å². The standard InChI is InChI=1S/2C2H6Si.Ru/c2*1-3-2;/h2*1-2H3;. The number of hydrogen-bond donors (Lipinski definition) is 0. The van der Waals surface area contributed by atoms with Crippen LogP contribution in [0, 0.1) is 0 Å². The van der Waals surface area contributed by atoms with Gasteiger partial charge in [-0.2, -0.15) is 0 Å². The molecule has 0 unspecified atom stereocenters. The first-order valence-electron chi connectivity index (χ1n) is 2.35. The fourth-order valence-corrected chi connectivity index (χ4v) is 18.8. The van der Waals surface area contributed by atoms with Crippen molar-refractivity contribution < 1.29 is 14.7 Å². The average molecular weight is 217 g/mol. The number of hydrogen-bond acceptors (Lipinski definition) is 0. The van der Waals surface area contributed by atoms with Gasteiger partial charge < -0.3 is 0 Å². The van der Waals surface area contributed by atoms with Crippen molar-refractivity contribution in [1.29, 1.82) is 0 Å². The van der Waals surface area contributed by atoms with Gasteiger partial charge in [-0.1, -0.05) is 0 Å². The second kappa shape index (κ2) is 3.99. The monoisotopic (exact) mass is 218 g/mol. The Morgan fingerprint density at radius 3 is 1.14 bits per heavy atom. The first kappa shape index (κ1) is 8.06. The molecule has 0 heterocycles. The molecular formula is C4H12RuSi2. The molecule has 7 heavy (non-hydrogen) atoms. The molecular weight excluding hydrogens is 205 g/mol. The van der Waals surface area contributed by atoms with Crippen LogP contribution in [0.1, 0.15) is 0 Å². The summed E-state index contributed by atoms with van der Waals surface area (Å²) >= 11 is 0.865. The fourth-order valence-electron chi connectivity index (χ4n) is 0.354. The summed E-state index contributed by atoms with van der Waals surface area (Å²) < 4.78 is 0. The predicted molar refractivity (Wildman–Crippen MR) is 35.0 cm³/mol. The second-order valence-electron chi connectivity index (χ2n) is 1.80. The summed E-state index contributed by atoms with van der Waals surface area (Å²) in [6, 6.07) is 0. The Hall–Kier alpha value is 1.06. The van der Waals surface area contributed by atoms with Gasteiger partial charge in [-0.25, -0.2) is 0 Å². The van der Waals surface area contributed by atoms with Crippen molar-refractivity contribution in [3.63, 3.8) is 0 Å². The summed E-state index contributed by atoms with van der Waals surface area (Å²) in [7, 11) is 0. The van der Waals surface area contributed by atoms with Crippen LogP contribution in [0.4, 0.5) is 0 Å². The molecule has 0 rings (SSSR count). The van der Waals surface area contributed by atoms with Crippen molar-refractivity contribution in [2.75, 3.05) is 0 Å². The third-order valence-corrected chi connectivity index (χ3v) is 18.8. The Bertz CT molecular complexity index is 102. The van der Waals surface area contributed by atoms with Gasteiger partial charge in [-0.3, -0.25) is 0 Å². The summed E-state index contributed by atoms with van der Waals surface area (Å²) in [4.78, 5) is 0. The molecule has 0 fully saturated rings. The minimum absolute atomic E-state index is 0.201. The molecule has 0 aliphatic heterocycles. The fraction of sp³-hybridized carbons (Fsp3) is 1.00. The van der Waals surface area contributed by atoms with Crippen LogP contribution in [0.5, 0.6) is 0 Å². The maximum absolute atomic E-state index is 2.43. The van der Waals surface area contributed by atoms with E-state index in [2.05, 4.69) is 26.2 Å². The molecule has 0 spiro atoms. The van der Waals surface area contributed by atoms with Crippen LogP contribution < -0.4 is 0 Å². The molecule has 3 heteroatoms. The number of rotatable bonds is 0. The van der Waals surface area contributed by atoms with E-state index in [0.29, 0.717) is 0 Å². The molecule has 0 saturated carbocycles. The molecule has 0 bridgehead atoms. The van der Waals surface area contributed by atoms with Crippen molar-refractivity contribution in [2.45, 2.75) is 26.2 Å². The molecule has 0 atom stereocenters. The van der Waals surface area contributed by atoms with Gasteiger partial charge in [0.15, 0.2) is 0 Å². The minimum atomic E-state index is 0.201. The van der Waals surface area contributed by atoms with Gasteiger partial charge in [0.1, 0.15) is 0 Å².